The summed E-state index contributed by atoms with van der Waals surface area (Å²) in [5.74, 6) is -1.69. The molecule has 0 fully saturated rings. The largest absolute Gasteiger partial charge is 0.545 e. The van der Waals surface area contributed by atoms with Gasteiger partial charge >= 0.3 is 0 Å². The predicted molar refractivity (Wildman–Crippen MR) is 80.0 cm³/mol. The Kier molecular flexibility index (Phi) is 4.84. The topological polar surface area (TPSA) is 81.6 Å². The van der Waals surface area contributed by atoms with Gasteiger partial charge in [0.1, 0.15) is 0 Å². The van der Waals surface area contributed by atoms with Crippen LogP contribution in [0.15, 0.2) is 58.1 Å². The van der Waals surface area contributed by atoms with E-state index in [2.05, 4.69) is 26.5 Å². The highest BCUT2D eigenvalue weighted by molar-refractivity contribution is 9.10. The SMILES string of the molecule is O=C(N/N=C\c1ccccc1C(=O)[O-])c1cccc(Br)c1. The van der Waals surface area contributed by atoms with Gasteiger partial charge in [0.15, 0.2) is 0 Å². The maximum Gasteiger partial charge on any atom is 0.271 e. The van der Waals surface area contributed by atoms with Gasteiger partial charge in [-0.1, -0.05) is 46.3 Å². The molecule has 6 heteroatoms. The second-order valence-electron chi connectivity index (χ2n) is 4.08. The van der Waals surface area contributed by atoms with E-state index in [1.807, 2.05) is 0 Å². The van der Waals surface area contributed by atoms with Crippen molar-refractivity contribution in [1.82, 2.24) is 5.43 Å². The van der Waals surface area contributed by atoms with Gasteiger partial charge in [-0.25, -0.2) is 5.43 Å². The summed E-state index contributed by atoms with van der Waals surface area (Å²) in [5.41, 5.74) is 3.14. The monoisotopic (exact) mass is 345 g/mol. The number of aromatic carboxylic acids is 1. The predicted octanol–water partition coefficient (Wildman–Crippen LogP) is 1.58. The third-order valence-corrected chi connectivity index (χ3v) is 3.13. The molecule has 0 atom stereocenters. The molecule has 0 unspecified atom stereocenters. The average molecular weight is 346 g/mol. The van der Waals surface area contributed by atoms with E-state index < -0.39 is 11.9 Å². The maximum atomic E-state index is 11.8. The van der Waals surface area contributed by atoms with Crippen LogP contribution in [-0.4, -0.2) is 18.1 Å². The molecular formula is C15H10BrN2O3-. The number of nitrogens with zero attached hydrogens (tertiary/aromatic N) is 1. The van der Waals surface area contributed by atoms with Crippen molar-refractivity contribution in [2.24, 2.45) is 5.10 Å². The third kappa shape index (κ3) is 4.00. The minimum absolute atomic E-state index is 0.0120. The van der Waals surface area contributed by atoms with E-state index in [4.69, 9.17) is 0 Å². The molecule has 2 aromatic rings. The van der Waals surface area contributed by atoms with E-state index in [0.717, 1.165) is 4.47 Å². The summed E-state index contributed by atoms with van der Waals surface area (Å²) in [7, 11) is 0. The van der Waals surface area contributed by atoms with Crippen molar-refractivity contribution in [3.63, 3.8) is 0 Å². The number of hydrogen-bond donors (Lipinski definition) is 1. The maximum absolute atomic E-state index is 11.8. The van der Waals surface area contributed by atoms with Gasteiger partial charge in [-0.2, -0.15) is 5.10 Å². The Hall–Kier alpha value is -2.47. The van der Waals surface area contributed by atoms with Gasteiger partial charge in [-0.15, -0.1) is 0 Å². The van der Waals surface area contributed by atoms with Gasteiger partial charge in [0.25, 0.3) is 5.91 Å². The molecule has 0 bridgehead atoms. The van der Waals surface area contributed by atoms with Crippen LogP contribution in [0.3, 0.4) is 0 Å². The number of nitrogens with one attached hydrogen (secondary N) is 1. The highest BCUT2D eigenvalue weighted by Crippen LogP contribution is 2.11. The Morgan fingerprint density at radius 1 is 1.14 bits per heavy atom. The molecule has 0 aromatic heterocycles. The number of carboxylic acids is 1. The Balaban J connectivity index is 2.09. The molecule has 0 saturated carbocycles. The summed E-state index contributed by atoms with van der Waals surface area (Å²) >= 11 is 3.27. The number of hydrazone groups is 1. The molecular weight excluding hydrogens is 336 g/mol. The molecule has 1 amide bonds. The Labute approximate surface area is 129 Å². The lowest BCUT2D eigenvalue weighted by molar-refractivity contribution is -0.255. The molecule has 0 aliphatic rings. The van der Waals surface area contributed by atoms with Crippen LogP contribution < -0.4 is 10.5 Å². The van der Waals surface area contributed by atoms with Crippen molar-refractivity contribution in [1.29, 1.82) is 0 Å². The molecule has 0 heterocycles. The number of halogens is 1. The normalized spacial score (nSPS) is 10.5. The minimum atomic E-state index is -1.30. The van der Waals surface area contributed by atoms with Gasteiger partial charge in [0.05, 0.1) is 12.2 Å². The fraction of sp³-hybridized carbons (Fsp3) is 0. The quantitative estimate of drug-likeness (QED) is 0.674. The minimum Gasteiger partial charge on any atom is -0.545 e. The molecule has 21 heavy (non-hydrogen) atoms. The van der Waals surface area contributed by atoms with Gasteiger partial charge in [-0.3, -0.25) is 4.79 Å². The van der Waals surface area contributed by atoms with Gasteiger partial charge in [-0.05, 0) is 18.2 Å². The van der Waals surface area contributed by atoms with Crippen LogP contribution in [0.4, 0.5) is 0 Å². The zero-order valence-electron chi connectivity index (χ0n) is 10.7. The number of hydrogen-bond acceptors (Lipinski definition) is 4. The van der Waals surface area contributed by atoms with Crippen molar-refractivity contribution in [2.75, 3.05) is 0 Å². The van der Waals surface area contributed by atoms with E-state index >= 15 is 0 Å². The molecule has 106 valence electrons. The van der Waals surface area contributed by atoms with Gasteiger partial charge in [0, 0.05) is 21.2 Å². The first-order valence-corrected chi connectivity index (χ1v) is 6.76. The van der Waals surface area contributed by atoms with Crippen LogP contribution in [0, 0.1) is 0 Å². The number of amides is 1. The number of carboxylic acid groups (broad SMARTS) is 1. The molecule has 2 rings (SSSR count). The van der Waals surface area contributed by atoms with E-state index in [0.29, 0.717) is 11.1 Å². The Morgan fingerprint density at radius 2 is 1.90 bits per heavy atom. The van der Waals surface area contributed by atoms with Gasteiger partial charge in [0.2, 0.25) is 0 Å². The Bertz CT molecular complexity index is 714. The smallest absolute Gasteiger partial charge is 0.271 e. The van der Waals surface area contributed by atoms with Gasteiger partial charge < -0.3 is 9.90 Å². The second-order valence-corrected chi connectivity index (χ2v) is 5.00. The summed E-state index contributed by atoms with van der Waals surface area (Å²) < 4.78 is 0.779. The molecule has 0 aliphatic carbocycles. The highest BCUT2D eigenvalue weighted by atomic mass is 79.9. The standard InChI is InChI=1S/C15H11BrN2O3/c16-12-6-3-5-10(8-12)14(19)18-17-9-11-4-1-2-7-13(11)15(20)21/h1-9H,(H,18,19)(H,20,21)/p-1/b17-9-. The molecule has 0 radical (unpaired) electrons. The van der Waals surface area contributed by atoms with Crippen LogP contribution in [0.5, 0.6) is 0 Å². The number of benzene rings is 2. The van der Waals surface area contributed by atoms with Crippen molar-refractivity contribution < 1.29 is 14.7 Å². The number of carbonyl (C=O) groups is 2. The Morgan fingerprint density at radius 3 is 2.62 bits per heavy atom. The molecule has 0 saturated heterocycles. The van der Waals surface area contributed by atoms with Crippen molar-refractivity contribution in [2.45, 2.75) is 0 Å². The summed E-state index contributed by atoms with van der Waals surface area (Å²) in [4.78, 5) is 22.7. The molecule has 2 aromatic carbocycles. The zero-order chi connectivity index (χ0) is 15.2. The van der Waals surface area contributed by atoms with E-state index in [9.17, 15) is 14.7 Å². The fourth-order valence-corrected chi connectivity index (χ4v) is 2.05. The van der Waals surface area contributed by atoms with Crippen LogP contribution in [-0.2, 0) is 0 Å². The highest BCUT2D eigenvalue weighted by Gasteiger charge is 2.04. The first-order chi connectivity index (χ1) is 10.1. The van der Waals surface area contributed by atoms with Crippen molar-refractivity contribution in [3.05, 3.63) is 69.7 Å². The summed E-state index contributed by atoms with van der Waals surface area (Å²) in [6.07, 6.45) is 1.26. The average Bonchev–Trinajstić information content (AvgIpc) is 2.47. The molecule has 1 N–H and O–H groups in total. The van der Waals surface area contributed by atoms with Crippen molar-refractivity contribution in [3.8, 4) is 0 Å². The van der Waals surface area contributed by atoms with Crippen LogP contribution in [0.1, 0.15) is 26.3 Å². The lowest BCUT2D eigenvalue weighted by Gasteiger charge is -2.05. The first kappa shape index (κ1) is 14.9. The van der Waals surface area contributed by atoms with E-state index in [-0.39, 0.29) is 5.56 Å². The van der Waals surface area contributed by atoms with E-state index in [1.165, 1.54) is 12.3 Å². The number of carbonyl (C=O) groups excluding carboxylic acids is 2. The lowest BCUT2D eigenvalue weighted by Crippen LogP contribution is -2.24. The van der Waals surface area contributed by atoms with Crippen LogP contribution in [0.2, 0.25) is 0 Å². The molecule has 0 aliphatic heterocycles. The second kappa shape index (κ2) is 6.81. The molecule has 0 spiro atoms. The van der Waals surface area contributed by atoms with Crippen LogP contribution in [0.25, 0.3) is 0 Å². The lowest BCUT2D eigenvalue weighted by atomic mass is 10.1. The van der Waals surface area contributed by atoms with Crippen molar-refractivity contribution >= 4 is 34.0 Å². The third-order valence-electron chi connectivity index (χ3n) is 2.64. The first-order valence-electron chi connectivity index (χ1n) is 5.97. The summed E-state index contributed by atoms with van der Waals surface area (Å²) in [6.45, 7) is 0. The summed E-state index contributed by atoms with van der Waals surface area (Å²) in [6, 6.07) is 13.1. The van der Waals surface area contributed by atoms with Crippen LogP contribution >= 0.6 is 15.9 Å². The zero-order valence-corrected chi connectivity index (χ0v) is 12.3. The fourth-order valence-electron chi connectivity index (χ4n) is 1.65. The molecule has 5 nitrogen and oxygen atoms in total. The summed E-state index contributed by atoms with van der Waals surface area (Å²) in [5, 5.41) is 14.7. The number of rotatable bonds is 4. The van der Waals surface area contributed by atoms with E-state index in [1.54, 1.807) is 42.5 Å².